The van der Waals surface area contributed by atoms with E-state index in [1.165, 1.54) is 6.20 Å². The minimum absolute atomic E-state index is 0.163. The van der Waals surface area contributed by atoms with E-state index in [1.54, 1.807) is 6.20 Å². The fraction of sp³-hybridized carbons (Fsp3) is 0.375. The molecule has 3 heterocycles. The van der Waals surface area contributed by atoms with E-state index in [4.69, 9.17) is 16.3 Å². The Morgan fingerprint density at radius 2 is 2.12 bits per heavy atom. The second kappa shape index (κ2) is 7.55. The van der Waals surface area contributed by atoms with E-state index in [-0.39, 0.29) is 22.7 Å². The molecule has 1 N–H and O–H groups in total. The number of hydrogen-bond donors (Lipinski definition) is 1. The minimum Gasteiger partial charge on any atom is -0.378 e. The Morgan fingerprint density at radius 3 is 2.83 bits per heavy atom. The number of aromatic nitrogens is 3. The number of hydrogen-bond acceptors (Lipinski definition) is 6. The van der Waals surface area contributed by atoms with Gasteiger partial charge in [0, 0.05) is 19.3 Å². The maximum Gasteiger partial charge on any atom is 0.272 e. The molecule has 0 spiro atoms. The molecule has 126 valence electrons. The third kappa shape index (κ3) is 3.80. The molecule has 8 heteroatoms. The average molecular weight is 348 g/mol. The predicted molar refractivity (Wildman–Crippen MR) is 90.2 cm³/mol. The molecule has 1 atom stereocenters. The molecule has 0 radical (unpaired) electrons. The van der Waals surface area contributed by atoms with Crippen LogP contribution >= 0.6 is 11.6 Å². The molecule has 2 aromatic rings. The van der Waals surface area contributed by atoms with Gasteiger partial charge in [0.1, 0.15) is 0 Å². The van der Waals surface area contributed by atoms with Crippen LogP contribution in [0.25, 0.3) is 0 Å². The van der Waals surface area contributed by atoms with Crippen LogP contribution in [-0.2, 0) is 4.74 Å². The zero-order valence-corrected chi connectivity index (χ0v) is 14.0. The highest BCUT2D eigenvalue weighted by molar-refractivity contribution is 6.33. The van der Waals surface area contributed by atoms with Crippen LogP contribution in [0.2, 0.25) is 5.02 Å². The summed E-state index contributed by atoms with van der Waals surface area (Å²) in [6, 6.07) is 5.30. The number of morpholine rings is 1. The van der Waals surface area contributed by atoms with Gasteiger partial charge in [-0.1, -0.05) is 17.7 Å². The van der Waals surface area contributed by atoms with Gasteiger partial charge in [0.2, 0.25) is 5.95 Å². The summed E-state index contributed by atoms with van der Waals surface area (Å²) >= 11 is 6.11. The van der Waals surface area contributed by atoms with Gasteiger partial charge in [-0.15, -0.1) is 0 Å². The molecule has 7 nitrogen and oxygen atoms in total. The lowest BCUT2D eigenvalue weighted by Crippen LogP contribution is -2.38. The molecular formula is C16H18ClN5O2. The van der Waals surface area contributed by atoms with Crippen LogP contribution in [0.5, 0.6) is 0 Å². The van der Waals surface area contributed by atoms with Crippen LogP contribution < -0.4 is 10.2 Å². The first kappa shape index (κ1) is 16.6. The molecule has 1 fully saturated rings. The second-order valence-corrected chi connectivity index (χ2v) is 5.82. The molecule has 1 aliphatic rings. The number of pyridine rings is 1. The first-order valence-electron chi connectivity index (χ1n) is 7.72. The van der Waals surface area contributed by atoms with Gasteiger partial charge >= 0.3 is 0 Å². The maximum absolute atomic E-state index is 12.5. The largest absolute Gasteiger partial charge is 0.378 e. The number of rotatable bonds is 4. The summed E-state index contributed by atoms with van der Waals surface area (Å²) < 4.78 is 5.31. The highest BCUT2D eigenvalue weighted by atomic mass is 35.5. The Kier molecular flexibility index (Phi) is 5.22. The van der Waals surface area contributed by atoms with Crippen molar-refractivity contribution in [1.82, 2.24) is 20.3 Å². The van der Waals surface area contributed by atoms with Gasteiger partial charge in [0.15, 0.2) is 5.69 Å². The Balaban J connectivity index is 1.76. The number of carbonyl (C=O) groups excluding carboxylic acids is 1. The lowest BCUT2D eigenvalue weighted by Gasteiger charge is -2.27. The Morgan fingerprint density at radius 1 is 1.33 bits per heavy atom. The summed E-state index contributed by atoms with van der Waals surface area (Å²) in [4.78, 5) is 27.3. The third-order valence-electron chi connectivity index (χ3n) is 3.72. The molecule has 0 saturated carbocycles. The van der Waals surface area contributed by atoms with Crippen molar-refractivity contribution in [2.75, 3.05) is 31.2 Å². The number of carbonyl (C=O) groups is 1. The number of halogens is 1. The fourth-order valence-corrected chi connectivity index (χ4v) is 2.58. The van der Waals surface area contributed by atoms with E-state index < -0.39 is 0 Å². The Hall–Kier alpha value is -2.25. The average Bonchev–Trinajstić information content (AvgIpc) is 2.63. The molecule has 24 heavy (non-hydrogen) atoms. The SMILES string of the molecule is C[C@H](NC(=O)c1nc(N2CCOCC2)ncc1Cl)c1ccccn1. The highest BCUT2D eigenvalue weighted by Crippen LogP contribution is 2.18. The molecule has 0 aliphatic carbocycles. The molecule has 1 saturated heterocycles. The topological polar surface area (TPSA) is 80.2 Å². The zero-order chi connectivity index (χ0) is 16.9. The van der Waals surface area contributed by atoms with Crippen molar-refractivity contribution < 1.29 is 9.53 Å². The third-order valence-corrected chi connectivity index (χ3v) is 4.00. The van der Waals surface area contributed by atoms with Crippen LogP contribution in [0.15, 0.2) is 30.6 Å². The summed E-state index contributed by atoms with van der Waals surface area (Å²) in [6.45, 7) is 4.47. The lowest BCUT2D eigenvalue weighted by atomic mass is 10.2. The number of amides is 1. The normalized spacial score (nSPS) is 15.8. The van der Waals surface area contributed by atoms with Crippen LogP contribution in [0, 0.1) is 0 Å². The van der Waals surface area contributed by atoms with Gasteiger partial charge in [0.25, 0.3) is 5.91 Å². The summed E-state index contributed by atoms with van der Waals surface area (Å²) in [6.07, 6.45) is 3.14. The maximum atomic E-state index is 12.5. The molecule has 3 rings (SSSR count). The van der Waals surface area contributed by atoms with E-state index in [0.717, 1.165) is 5.69 Å². The van der Waals surface area contributed by atoms with Crippen molar-refractivity contribution in [1.29, 1.82) is 0 Å². The molecule has 2 aromatic heterocycles. The van der Waals surface area contributed by atoms with Crippen LogP contribution in [0.3, 0.4) is 0 Å². The molecule has 0 bridgehead atoms. The van der Waals surface area contributed by atoms with E-state index in [0.29, 0.717) is 32.3 Å². The first-order chi connectivity index (χ1) is 11.6. The highest BCUT2D eigenvalue weighted by Gasteiger charge is 2.20. The van der Waals surface area contributed by atoms with E-state index in [1.807, 2.05) is 30.0 Å². The number of ether oxygens (including phenoxy) is 1. The van der Waals surface area contributed by atoms with Crippen LogP contribution in [0.4, 0.5) is 5.95 Å². The van der Waals surface area contributed by atoms with Crippen molar-refractivity contribution in [3.63, 3.8) is 0 Å². The van der Waals surface area contributed by atoms with Crippen LogP contribution in [0.1, 0.15) is 29.1 Å². The number of nitrogens with zero attached hydrogens (tertiary/aromatic N) is 4. The van der Waals surface area contributed by atoms with Crippen molar-refractivity contribution in [2.45, 2.75) is 13.0 Å². The zero-order valence-electron chi connectivity index (χ0n) is 13.3. The van der Waals surface area contributed by atoms with E-state index in [9.17, 15) is 4.79 Å². The van der Waals surface area contributed by atoms with Gasteiger partial charge in [-0.05, 0) is 19.1 Å². The molecular weight excluding hydrogens is 330 g/mol. The van der Waals surface area contributed by atoms with Gasteiger partial charge in [-0.3, -0.25) is 9.78 Å². The summed E-state index contributed by atoms with van der Waals surface area (Å²) in [5.74, 6) is 0.133. The van der Waals surface area contributed by atoms with E-state index >= 15 is 0 Å². The van der Waals surface area contributed by atoms with Gasteiger partial charge in [-0.2, -0.15) is 0 Å². The standard InChI is InChI=1S/C16H18ClN5O2/c1-11(13-4-2-3-5-18-13)20-15(23)14-12(17)10-19-16(21-14)22-6-8-24-9-7-22/h2-5,10-11H,6-9H2,1H3,(H,20,23)/t11-/m0/s1. The monoisotopic (exact) mass is 347 g/mol. The second-order valence-electron chi connectivity index (χ2n) is 5.42. The Bertz CT molecular complexity index is 707. The van der Waals surface area contributed by atoms with Crippen molar-refractivity contribution >= 4 is 23.5 Å². The summed E-state index contributed by atoms with van der Waals surface area (Å²) in [5, 5.41) is 3.08. The summed E-state index contributed by atoms with van der Waals surface area (Å²) in [7, 11) is 0. The first-order valence-corrected chi connectivity index (χ1v) is 8.10. The quantitative estimate of drug-likeness (QED) is 0.909. The molecule has 0 aromatic carbocycles. The minimum atomic E-state index is -0.352. The fourth-order valence-electron chi connectivity index (χ4n) is 2.40. The molecule has 1 amide bonds. The molecule has 1 aliphatic heterocycles. The number of anilines is 1. The van der Waals surface area contributed by atoms with Crippen molar-refractivity contribution in [3.05, 3.63) is 47.0 Å². The summed E-state index contributed by atoms with van der Waals surface area (Å²) in [5.41, 5.74) is 0.931. The predicted octanol–water partition coefficient (Wildman–Crippen LogP) is 1.85. The lowest BCUT2D eigenvalue weighted by molar-refractivity contribution is 0.0934. The van der Waals surface area contributed by atoms with Gasteiger partial charge in [0.05, 0.1) is 36.2 Å². The van der Waals surface area contributed by atoms with Crippen LogP contribution in [-0.4, -0.2) is 47.2 Å². The number of nitrogens with one attached hydrogen (secondary N) is 1. The van der Waals surface area contributed by atoms with Crippen molar-refractivity contribution in [2.24, 2.45) is 0 Å². The van der Waals surface area contributed by atoms with Gasteiger partial charge in [-0.25, -0.2) is 9.97 Å². The van der Waals surface area contributed by atoms with Crippen molar-refractivity contribution in [3.8, 4) is 0 Å². The smallest absolute Gasteiger partial charge is 0.272 e. The molecule has 0 unspecified atom stereocenters. The Labute approximate surface area is 145 Å². The van der Waals surface area contributed by atoms with E-state index in [2.05, 4.69) is 20.3 Å². The van der Waals surface area contributed by atoms with Gasteiger partial charge < -0.3 is 15.0 Å².